The Hall–Kier alpha value is -2.96. The third kappa shape index (κ3) is 3.83. The van der Waals surface area contributed by atoms with E-state index in [1.165, 1.54) is 0 Å². The molecule has 7 nitrogen and oxygen atoms in total. The fourth-order valence-corrected chi connectivity index (χ4v) is 3.98. The van der Waals surface area contributed by atoms with Gasteiger partial charge in [-0.25, -0.2) is 4.98 Å². The summed E-state index contributed by atoms with van der Waals surface area (Å²) in [6, 6.07) is 10.1. The molecule has 3 amide bonds. The van der Waals surface area contributed by atoms with E-state index < -0.39 is 0 Å². The Morgan fingerprint density at radius 1 is 1.04 bits per heavy atom. The van der Waals surface area contributed by atoms with Crippen LogP contribution in [0.2, 0.25) is 0 Å². The molecule has 0 saturated carbocycles. The van der Waals surface area contributed by atoms with E-state index in [1.807, 2.05) is 30.6 Å². The molecular formula is C21H24N4O3. The number of piperidine rings is 1. The molecule has 2 saturated heterocycles. The Bertz CT molecular complexity index is 853. The zero-order valence-electron chi connectivity index (χ0n) is 15.8. The molecule has 146 valence electrons. The van der Waals surface area contributed by atoms with Gasteiger partial charge in [-0.15, -0.1) is 0 Å². The van der Waals surface area contributed by atoms with E-state index in [0.717, 1.165) is 35.7 Å². The van der Waals surface area contributed by atoms with Crippen LogP contribution in [0, 0.1) is 5.92 Å². The normalized spacial score (nSPS) is 18.1. The predicted octanol–water partition coefficient (Wildman–Crippen LogP) is 1.94. The van der Waals surface area contributed by atoms with Crippen LogP contribution in [0.1, 0.15) is 25.7 Å². The van der Waals surface area contributed by atoms with E-state index >= 15 is 0 Å². The van der Waals surface area contributed by atoms with Crippen LogP contribution in [0.4, 0.5) is 0 Å². The molecule has 1 aromatic carbocycles. The Labute approximate surface area is 163 Å². The number of amides is 3. The van der Waals surface area contributed by atoms with Gasteiger partial charge in [0, 0.05) is 50.4 Å². The van der Waals surface area contributed by atoms with Crippen molar-refractivity contribution in [3.8, 4) is 11.4 Å². The van der Waals surface area contributed by atoms with Crippen LogP contribution in [-0.4, -0.2) is 56.7 Å². The predicted molar refractivity (Wildman–Crippen MR) is 103 cm³/mol. The standard InChI is InChI=1S/C21H24N4O3/c26-18-6-7-19(27)25(18)15-20(28)23-11-8-16(9-12-23)14-24-13-10-22-21(24)17-4-2-1-3-5-17/h1-5,10,13,16H,6-9,11-12,14-15H2. The number of benzene rings is 1. The largest absolute Gasteiger partial charge is 0.341 e. The fourth-order valence-electron chi connectivity index (χ4n) is 3.98. The summed E-state index contributed by atoms with van der Waals surface area (Å²) in [4.78, 5) is 43.3. The van der Waals surface area contributed by atoms with E-state index in [1.54, 1.807) is 4.90 Å². The number of imide groups is 1. The van der Waals surface area contributed by atoms with Gasteiger partial charge in [0.05, 0.1) is 0 Å². The van der Waals surface area contributed by atoms with Gasteiger partial charge in [-0.1, -0.05) is 30.3 Å². The topological polar surface area (TPSA) is 75.5 Å². The van der Waals surface area contributed by atoms with Crippen molar-refractivity contribution in [2.75, 3.05) is 19.6 Å². The van der Waals surface area contributed by atoms with Gasteiger partial charge in [0.25, 0.3) is 0 Å². The average Bonchev–Trinajstić information content (AvgIpc) is 3.31. The minimum Gasteiger partial charge on any atom is -0.341 e. The lowest BCUT2D eigenvalue weighted by Crippen LogP contribution is -2.45. The summed E-state index contributed by atoms with van der Waals surface area (Å²) in [6.07, 6.45) is 6.08. The molecule has 0 N–H and O–H groups in total. The van der Waals surface area contributed by atoms with Gasteiger partial charge in [0.2, 0.25) is 17.7 Å². The number of imidazole rings is 1. The number of likely N-dealkylation sites (tertiary alicyclic amines) is 2. The highest BCUT2D eigenvalue weighted by molar-refractivity contribution is 6.04. The number of carbonyl (C=O) groups excluding carboxylic acids is 3. The van der Waals surface area contributed by atoms with Crippen LogP contribution in [-0.2, 0) is 20.9 Å². The van der Waals surface area contributed by atoms with Crippen molar-refractivity contribution >= 4 is 17.7 Å². The number of hydrogen-bond acceptors (Lipinski definition) is 4. The van der Waals surface area contributed by atoms with Crippen LogP contribution in [0.5, 0.6) is 0 Å². The number of carbonyl (C=O) groups is 3. The van der Waals surface area contributed by atoms with Crippen LogP contribution < -0.4 is 0 Å². The van der Waals surface area contributed by atoms with Crippen molar-refractivity contribution in [1.82, 2.24) is 19.4 Å². The second-order valence-electron chi connectivity index (χ2n) is 7.47. The number of hydrogen-bond donors (Lipinski definition) is 0. The molecule has 2 aromatic rings. The molecule has 4 rings (SSSR count). The molecule has 1 aromatic heterocycles. The van der Waals surface area contributed by atoms with Gasteiger partial charge in [0.1, 0.15) is 12.4 Å². The maximum absolute atomic E-state index is 12.5. The van der Waals surface area contributed by atoms with E-state index in [4.69, 9.17) is 0 Å². The van der Waals surface area contributed by atoms with Gasteiger partial charge in [-0.05, 0) is 18.8 Å². The molecule has 0 aliphatic carbocycles. The summed E-state index contributed by atoms with van der Waals surface area (Å²) in [5.41, 5.74) is 1.10. The van der Waals surface area contributed by atoms with E-state index in [9.17, 15) is 14.4 Å². The maximum atomic E-state index is 12.5. The summed E-state index contributed by atoms with van der Waals surface area (Å²) in [7, 11) is 0. The molecule has 0 atom stereocenters. The first-order chi connectivity index (χ1) is 13.6. The molecule has 0 bridgehead atoms. The maximum Gasteiger partial charge on any atom is 0.242 e. The van der Waals surface area contributed by atoms with Crippen molar-refractivity contribution in [3.05, 3.63) is 42.7 Å². The average molecular weight is 380 g/mol. The second-order valence-corrected chi connectivity index (χ2v) is 7.47. The van der Waals surface area contributed by atoms with Crippen molar-refractivity contribution in [2.45, 2.75) is 32.2 Å². The summed E-state index contributed by atoms with van der Waals surface area (Å²) in [5, 5.41) is 0. The summed E-state index contributed by atoms with van der Waals surface area (Å²) < 4.78 is 2.18. The fraction of sp³-hybridized carbons (Fsp3) is 0.429. The molecule has 28 heavy (non-hydrogen) atoms. The quantitative estimate of drug-likeness (QED) is 0.743. The van der Waals surface area contributed by atoms with Gasteiger partial charge < -0.3 is 9.47 Å². The number of nitrogens with zero attached hydrogens (tertiary/aromatic N) is 4. The third-order valence-electron chi connectivity index (χ3n) is 5.62. The minimum absolute atomic E-state index is 0.109. The molecule has 2 fully saturated rings. The highest BCUT2D eigenvalue weighted by Gasteiger charge is 2.32. The first-order valence-corrected chi connectivity index (χ1v) is 9.79. The van der Waals surface area contributed by atoms with Gasteiger partial charge in [0.15, 0.2) is 0 Å². The minimum atomic E-state index is -0.234. The number of aromatic nitrogens is 2. The molecule has 2 aliphatic rings. The first-order valence-electron chi connectivity index (χ1n) is 9.79. The third-order valence-corrected chi connectivity index (χ3v) is 5.62. The highest BCUT2D eigenvalue weighted by atomic mass is 16.2. The van der Waals surface area contributed by atoms with Gasteiger partial charge in [-0.2, -0.15) is 0 Å². The molecule has 0 unspecified atom stereocenters. The molecule has 0 spiro atoms. The van der Waals surface area contributed by atoms with Gasteiger partial charge in [-0.3, -0.25) is 19.3 Å². The molecule has 0 radical (unpaired) electrons. The van der Waals surface area contributed by atoms with Crippen molar-refractivity contribution in [2.24, 2.45) is 5.92 Å². The Kier molecular flexibility index (Phi) is 5.23. The van der Waals surface area contributed by atoms with Crippen LogP contribution >= 0.6 is 0 Å². The Morgan fingerprint density at radius 2 is 1.71 bits per heavy atom. The number of rotatable bonds is 5. The summed E-state index contributed by atoms with van der Waals surface area (Å²) >= 11 is 0. The van der Waals surface area contributed by atoms with Crippen LogP contribution in [0.3, 0.4) is 0 Å². The zero-order valence-corrected chi connectivity index (χ0v) is 15.8. The Balaban J connectivity index is 1.32. The molecule has 2 aliphatic heterocycles. The lowest BCUT2D eigenvalue weighted by molar-refractivity contribution is -0.146. The summed E-state index contributed by atoms with van der Waals surface area (Å²) in [6.45, 7) is 2.08. The monoisotopic (exact) mass is 380 g/mol. The molecule has 3 heterocycles. The van der Waals surface area contributed by atoms with Gasteiger partial charge >= 0.3 is 0 Å². The van der Waals surface area contributed by atoms with E-state index in [-0.39, 0.29) is 37.1 Å². The Morgan fingerprint density at radius 3 is 2.39 bits per heavy atom. The van der Waals surface area contributed by atoms with Crippen LogP contribution in [0.15, 0.2) is 42.7 Å². The smallest absolute Gasteiger partial charge is 0.242 e. The van der Waals surface area contributed by atoms with E-state index in [0.29, 0.717) is 19.0 Å². The second kappa shape index (κ2) is 7.96. The van der Waals surface area contributed by atoms with Crippen LogP contribution in [0.25, 0.3) is 11.4 Å². The molecule has 7 heteroatoms. The highest BCUT2D eigenvalue weighted by Crippen LogP contribution is 2.23. The molecular weight excluding hydrogens is 356 g/mol. The summed E-state index contributed by atoms with van der Waals surface area (Å²) in [5.74, 6) is 0.833. The lowest BCUT2D eigenvalue weighted by atomic mass is 9.96. The van der Waals surface area contributed by atoms with Crippen molar-refractivity contribution in [3.63, 3.8) is 0 Å². The SMILES string of the molecule is O=C(CN1C(=O)CCC1=O)N1CCC(Cn2ccnc2-c2ccccc2)CC1. The zero-order chi connectivity index (χ0) is 19.5. The first kappa shape index (κ1) is 18.4. The van der Waals surface area contributed by atoms with Crippen molar-refractivity contribution in [1.29, 1.82) is 0 Å². The van der Waals surface area contributed by atoms with Crippen molar-refractivity contribution < 1.29 is 14.4 Å². The lowest BCUT2D eigenvalue weighted by Gasteiger charge is -2.33. The van der Waals surface area contributed by atoms with E-state index in [2.05, 4.69) is 21.7 Å².